The highest BCUT2D eigenvalue weighted by molar-refractivity contribution is 5.93. The summed E-state index contributed by atoms with van der Waals surface area (Å²) in [6.45, 7) is 1.03. The molecule has 0 saturated heterocycles. The molecule has 3 heterocycles. The molecule has 0 bridgehead atoms. The fraction of sp³-hybridized carbons (Fsp3) is 0.208. The number of aryl methyl sites for hydroxylation is 1. The van der Waals surface area contributed by atoms with E-state index in [4.69, 9.17) is 9.26 Å². The number of ether oxygens (including phenoxy) is 1. The summed E-state index contributed by atoms with van der Waals surface area (Å²) < 4.78 is 12.7. The predicted octanol–water partition coefficient (Wildman–Crippen LogP) is 3.87. The van der Waals surface area contributed by atoms with Crippen molar-refractivity contribution < 1.29 is 14.1 Å². The third kappa shape index (κ3) is 3.59. The van der Waals surface area contributed by atoms with E-state index in [0.717, 1.165) is 28.0 Å². The van der Waals surface area contributed by atoms with Crippen molar-refractivity contribution in [1.29, 1.82) is 0 Å². The Morgan fingerprint density at radius 2 is 2.00 bits per heavy atom. The fourth-order valence-corrected chi connectivity index (χ4v) is 4.09. The van der Waals surface area contributed by atoms with Crippen LogP contribution in [0.4, 0.5) is 0 Å². The zero-order chi connectivity index (χ0) is 21.4. The molecule has 1 amide bonds. The van der Waals surface area contributed by atoms with E-state index in [1.54, 1.807) is 17.9 Å². The maximum Gasteiger partial charge on any atom is 0.276 e. The molecule has 0 saturated carbocycles. The first kappa shape index (κ1) is 19.1. The van der Waals surface area contributed by atoms with E-state index in [9.17, 15) is 4.79 Å². The number of hydrogen-bond acceptors (Lipinski definition) is 5. The molecule has 0 N–H and O–H groups in total. The average Bonchev–Trinajstić information content (AvgIpc) is 3.47. The normalized spacial score (nSPS) is 15.5. The standard InChI is InChI=1S/C24H22N4O3/c1-27-13-18(12-25-27)21-15-28(14-17-8-9-19(30-2)10-20(17)21)24(29)22-11-23(31-26-22)16-6-4-3-5-7-16/h3-13,21H,14-15H2,1-2H3. The van der Waals surface area contributed by atoms with Crippen molar-refractivity contribution in [3.05, 3.63) is 89.4 Å². The lowest BCUT2D eigenvalue weighted by atomic mass is 9.85. The molecule has 0 fully saturated rings. The Labute approximate surface area is 179 Å². The van der Waals surface area contributed by atoms with E-state index in [0.29, 0.717) is 24.5 Å². The third-order valence-electron chi connectivity index (χ3n) is 5.69. The minimum atomic E-state index is -0.152. The van der Waals surface area contributed by atoms with Crippen molar-refractivity contribution in [3.63, 3.8) is 0 Å². The summed E-state index contributed by atoms with van der Waals surface area (Å²) in [6.07, 6.45) is 3.84. The van der Waals surface area contributed by atoms with Gasteiger partial charge in [0.25, 0.3) is 5.91 Å². The molecule has 0 radical (unpaired) electrons. The Kier molecular flexibility index (Phi) is 4.78. The largest absolute Gasteiger partial charge is 0.497 e. The van der Waals surface area contributed by atoms with Crippen molar-refractivity contribution in [1.82, 2.24) is 19.8 Å². The van der Waals surface area contributed by atoms with Gasteiger partial charge in [0.15, 0.2) is 11.5 Å². The number of methoxy groups -OCH3 is 1. The van der Waals surface area contributed by atoms with Gasteiger partial charge in [-0.3, -0.25) is 9.48 Å². The molecule has 31 heavy (non-hydrogen) atoms. The summed E-state index contributed by atoms with van der Waals surface area (Å²) in [4.78, 5) is 15.1. The molecule has 2 aromatic carbocycles. The lowest BCUT2D eigenvalue weighted by molar-refractivity contribution is 0.0714. The van der Waals surface area contributed by atoms with E-state index in [1.807, 2.05) is 66.8 Å². The van der Waals surface area contributed by atoms with E-state index in [-0.39, 0.29) is 11.8 Å². The van der Waals surface area contributed by atoms with Crippen LogP contribution in [0.5, 0.6) is 5.75 Å². The van der Waals surface area contributed by atoms with Crippen molar-refractivity contribution >= 4 is 5.91 Å². The van der Waals surface area contributed by atoms with Gasteiger partial charge in [0.05, 0.1) is 13.3 Å². The number of aromatic nitrogens is 3. The van der Waals surface area contributed by atoms with Gasteiger partial charge < -0.3 is 14.2 Å². The van der Waals surface area contributed by atoms with Gasteiger partial charge in [0, 0.05) is 43.9 Å². The third-order valence-corrected chi connectivity index (χ3v) is 5.69. The number of hydrogen-bond donors (Lipinski definition) is 0. The summed E-state index contributed by atoms with van der Waals surface area (Å²) in [7, 11) is 3.55. The summed E-state index contributed by atoms with van der Waals surface area (Å²) >= 11 is 0. The molecule has 1 unspecified atom stereocenters. The van der Waals surface area contributed by atoms with Crippen molar-refractivity contribution in [2.75, 3.05) is 13.7 Å². The molecule has 4 aromatic rings. The van der Waals surface area contributed by atoms with Gasteiger partial charge in [-0.2, -0.15) is 5.10 Å². The Bertz CT molecular complexity index is 1230. The van der Waals surface area contributed by atoms with Gasteiger partial charge in [0.1, 0.15) is 5.75 Å². The van der Waals surface area contributed by atoms with Crippen LogP contribution in [0.15, 0.2) is 71.5 Å². The zero-order valence-electron chi connectivity index (χ0n) is 17.4. The molecule has 156 valence electrons. The van der Waals surface area contributed by atoms with Crippen LogP contribution < -0.4 is 4.74 Å². The monoisotopic (exact) mass is 414 g/mol. The van der Waals surface area contributed by atoms with Gasteiger partial charge >= 0.3 is 0 Å². The van der Waals surface area contributed by atoms with Crippen LogP contribution in [0, 0.1) is 0 Å². The second-order valence-corrected chi connectivity index (χ2v) is 7.69. The predicted molar refractivity (Wildman–Crippen MR) is 115 cm³/mol. The number of carbonyl (C=O) groups excluding carboxylic acids is 1. The fourth-order valence-electron chi connectivity index (χ4n) is 4.09. The van der Waals surface area contributed by atoms with Crippen molar-refractivity contribution in [2.24, 2.45) is 7.05 Å². The Hall–Kier alpha value is -3.87. The maximum atomic E-state index is 13.3. The molecule has 1 atom stereocenters. The van der Waals surface area contributed by atoms with Crippen molar-refractivity contribution in [2.45, 2.75) is 12.5 Å². The van der Waals surface area contributed by atoms with E-state index in [2.05, 4.69) is 16.3 Å². The molecule has 7 heteroatoms. The molecule has 5 rings (SSSR count). The summed E-state index contributed by atoms with van der Waals surface area (Å²) in [5.74, 6) is 1.23. The lowest BCUT2D eigenvalue weighted by Crippen LogP contribution is -2.38. The SMILES string of the molecule is COc1ccc2c(c1)C(c1cnn(C)c1)CN(C(=O)c1cc(-c3ccccc3)on1)C2. The molecular formula is C24H22N4O3. The minimum absolute atomic E-state index is 0.00278. The number of amides is 1. The van der Waals surface area contributed by atoms with Gasteiger partial charge in [-0.25, -0.2) is 0 Å². The molecular weight excluding hydrogens is 392 g/mol. The average molecular weight is 414 g/mol. The topological polar surface area (TPSA) is 73.4 Å². The summed E-state index contributed by atoms with van der Waals surface area (Å²) in [5, 5.41) is 8.38. The molecule has 0 spiro atoms. The van der Waals surface area contributed by atoms with Crippen LogP contribution in [-0.4, -0.2) is 39.4 Å². The summed E-state index contributed by atoms with van der Waals surface area (Å²) in [5.41, 5.74) is 4.49. The Morgan fingerprint density at radius 3 is 2.74 bits per heavy atom. The second-order valence-electron chi connectivity index (χ2n) is 7.69. The zero-order valence-corrected chi connectivity index (χ0v) is 17.4. The van der Waals surface area contributed by atoms with Crippen LogP contribution in [0.3, 0.4) is 0 Å². The second kappa shape index (κ2) is 7.75. The van der Waals surface area contributed by atoms with E-state index in [1.165, 1.54) is 0 Å². The number of carbonyl (C=O) groups is 1. The van der Waals surface area contributed by atoms with Gasteiger partial charge in [-0.1, -0.05) is 41.6 Å². The van der Waals surface area contributed by atoms with E-state index >= 15 is 0 Å². The number of nitrogens with zero attached hydrogens (tertiary/aromatic N) is 4. The minimum Gasteiger partial charge on any atom is -0.497 e. The van der Waals surface area contributed by atoms with Crippen LogP contribution in [0.1, 0.15) is 33.1 Å². The van der Waals surface area contributed by atoms with Crippen LogP contribution >= 0.6 is 0 Å². The molecule has 1 aliphatic rings. The number of fused-ring (bicyclic) bond motifs is 1. The highest BCUT2D eigenvalue weighted by Gasteiger charge is 2.32. The first-order valence-corrected chi connectivity index (χ1v) is 10.1. The number of benzene rings is 2. The van der Waals surface area contributed by atoms with Gasteiger partial charge in [-0.15, -0.1) is 0 Å². The lowest BCUT2D eigenvalue weighted by Gasteiger charge is -2.34. The first-order valence-electron chi connectivity index (χ1n) is 10.1. The highest BCUT2D eigenvalue weighted by atomic mass is 16.5. The molecule has 2 aromatic heterocycles. The van der Waals surface area contributed by atoms with Gasteiger partial charge in [0.2, 0.25) is 0 Å². The van der Waals surface area contributed by atoms with Crippen LogP contribution in [-0.2, 0) is 13.6 Å². The highest BCUT2D eigenvalue weighted by Crippen LogP contribution is 2.36. The van der Waals surface area contributed by atoms with Crippen LogP contribution in [0.2, 0.25) is 0 Å². The Balaban J connectivity index is 1.47. The number of rotatable bonds is 4. The van der Waals surface area contributed by atoms with E-state index < -0.39 is 0 Å². The Morgan fingerprint density at radius 1 is 1.16 bits per heavy atom. The summed E-state index contributed by atoms with van der Waals surface area (Å²) in [6, 6.07) is 17.4. The molecule has 1 aliphatic heterocycles. The quantitative estimate of drug-likeness (QED) is 0.507. The van der Waals surface area contributed by atoms with Crippen LogP contribution in [0.25, 0.3) is 11.3 Å². The van der Waals surface area contributed by atoms with Crippen molar-refractivity contribution in [3.8, 4) is 17.1 Å². The molecule has 7 nitrogen and oxygen atoms in total. The molecule has 0 aliphatic carbocycles. The first-order chi connectivity index (χ1) is 15.1. The van der Waals surface area contributed by atoms with Gasteiger partial charge in [-0.05, 0) is 28.8 Å². The smallest absolute Gasteiger partial charge is 0.276 e. The maximum absolute atomic E-state index is 13.3.